The maximum atomic E-state index is 11.0. The van der Waals surface area contributed by atoms with Gasteiger partial charge < -0.3 is 5.11 Å². The van der Waals surface area contributed by atoms with Gasteiger partial charge in [-0.25, -0.2) is 0 Å². The summed E-state index contributed by atoms with van der Waals surface area (Å²) in [5, 5.41) is 10.1. The lowest BCUT2D eigenvalue weighted by Gasteiger charge is -2.02. The van der Waals surface area contributed by atoms with Crippen LogP contribution in [-0.4, -0.2) is 14.3 Å². The van der Waals surface area contributed by atoms with Gasteiger partial charge in [0.1, 0.15) is 3.23 Å². The minimum atomic E-state index is -0.852. The maximum absolute atomic E-state index is 11.0. The van der Waals surface area contributed by atoms with Gasteiger partial charge in [-0.05, 0) is 23.8 Å². The number of halogens is 4. The average Bonchev–Trinajstić information content (AvgIpc) is 2.67. The zero-order chi connectivity index (χ0) is 12.1. The van der Waals surface area contributed by atoms with E-state index in [0.717, 1.165) is 5.56 Å². The van der Waals surface area contributed by atoms with Crippen molar-refractivity contribution in [3.05, 3.63) is 33.8 Å². The fourth-order valence-corrected chi connectivity index (χ4v) is 4.06. The standard InChI is InChI=1S/C10H6Br2Cl2O2/c11-10(12)7(8(10)9(15)16)4-1-5(13)3-6(14)2-4/h1-3,7-8H,(H,15,16)/t7-,8+/m0/s1. The summed E-state index contributed by atoms with van der Waals surface area (Å²) in [7, 11) is 0. The number of carboxylic acid groups (broad SMARTS) is 1. The van der Waals surface area contributed by atoms with Crippen molar-refractivity contribution in [1.82, 2.24) is 0 Å². The van der Waals surface area contributed by atoms with E-state index in [-0.39, 0.29) is 5.92 Å². The van der Waals surface area contributed by atoms with E-state index >= 15 is 0 Å². The van der Waals surface area contributed by atoms with Gasteiger partial charge in [-0.3, -0.25) is 4.79 Å². The molecule has 0 heterocycles. The molecule has 1 aromatic rings. The highest BCUT2D eigenvalue weighted by Crippen LogP contribution is 2.67. The Hall–Kier alpha value is 0.230. The molecule has 1 aromatic carbocycles. The molecule has 0 saturated heterocycles. The van der Waals surface area contributed by atoms with Gasteiger partial charge in [0, 0.05) is 16.0 Å². The molecule has 2 nitrogen and oxygen atoms in total. The molecular weight excluding hydrogens is 383 g/mol. The average molecular weight is 389 g/mol. The second-order valence-corrected chi connectivity index (χ2v) is 8.23. The normalized spacial score (nSPS) is 26.5. The second kappa shape index (κ2) is 4.16. The predicted octanol–water partition coefficient (Wildman–Crippen LogP) is 4.28. The van der Waals surface area contributed by atoms with Crippen molar-refractivity contribution in [2.24, 2.45) is 5.92 Å². The van der Waals surface area contributed by atoms with Gasteiger partial charge in [0.15, 0.2) is 0 Å². The van der Waals surface area contributed by atoms with E-state index in [0.29, 0.717) is 10.0 Å². The molecule has 16 heavy (non-hydrogen) atoms. The minimum Gasteiger partial charge on any atom is -0.481 e. The molecule has 0 amide bonds. The van der Waals surface area contributed by atoms with E-state index in [2.05, 4.69) is 31.9 Å². The Bertz CT molecular complexity index is 442. The second-order valence-electron chi connectivity index (χ2n) is 3.67. The molecule has 0 aliphatic heterocycles. The van der Waals surface area contributed by atoms with Gasteiger partial charge in [-0.1, -0.05) is 55.1 Å². The van der Waals surface area contributed by atoms with E-state index in [1.54, 1.807) is 18.2 Å². The first-order valence-electron chi connectivity index (χ1n) is 4.40. The lowest BCUT2D eigenvalue weighted by Crippen LogP contribution is -2.02. The van der Waals surface area contributed by atoms with Crippen LogP contribution in [0.25, 0.3) is 0 Å². The Morgan fingerprint density at radius 2 is 1.75 bits per heavy atom. The van der Waals surface area contributed by atoms with Gasteiger partial charge in [-0.15, -0.1) is 0 Å². The van der Waals surface area contributed by atoms with Crippen molar-refractivity contribution >= 4 is 61.0 Å². The van der Waals surface area contributed by atoms with Crippen molar-refractivity contribution in [3.63, 3.8) is 0 Å². The largest absolute Gasteiger partial charge is 0.481 e. The molecule has 0 spiro atoms. The Labute approximate surface area is 119 Å². The SMILES string of the molecule is O=C(O)[C@H]1[C@H](c2cc(Cl)cc(Cl)c2)C1(Br)Br. The molecule has 0 aromatic heterocycles. The summed E-state index contributed by atoms with van der Waals surface area (Å²) in [4.78, 5) is 11.0. The molecule has 2 atom stereocenters. The molecule has 1 saturated carbocycles. The van der Waals surface area contributed by atoms with E-state index in [1.807, 2.05) is 0 Å². The van der Waals surface area contributed by atoms with E-state index in [4.69, 9.17) is 28.3 Å². The lowest BCUT2D eigenvalue weighted by atomic mass is 10.1. The smallest absolute Gasteiger partial charge is 0.309 e. The first-order valence-corrected chi connectivity index (χ1v) is 6.75. The molecule has 86 valence electrons. The van der Waals surface area contributed by atoms with E-state index in [9.17, 15) is 4.79 Å². The molecule has 1 aliphatic rings. The number of alkyl halides is 2. The van der Waals surface area contributed by atoms with Crippen LogP contribution in [0.1, 0.15) is 11.5 Å². The number of aliphatic carboxylic acids is 1. The van der Waals surface area contributed by atoms with Gasteiger partial charge in [0.2, 0.25) is 0 Å². The summed E-state index contributed by atoms with van der Waals surface area (Å²) in [6.45, 7) is 0. The highest BCUT2D eigenvalue weighted by atomic mass is 79.9. The summed E-state index contributed by atoms with van der Waals surface area (Å²) >= 11 is 18.5. The fourth-order valence-electron chi connectivity index (χ4n) is 1.80. The summed E-state index contributed by atoms with van der Waals surface area (Å²) in [5.41, 5.74) is 0.818. The molecule has 1 N–H and O–H groups in total. The van der Waals surface area contributed by atoms with E-state index in [1.165, 1.54) is 0 Å². The molecule has 2 rings (SSSR count). The Morgan fingerprint density at radius 3 is 2.12 bits per heavy atom. The van der Waals surface area contributed by atoms with Gasteiger partial charge in [0.05, 0.1) is 5.92 Å². The zero-order valence-electron chi connectivity index (χ0n) is 7.75. The van der Waals surface area contributed by atoms with Crippen LogP contribution in [0.5, 0.6) is 0 Å². The van der Waals surface area contributed by atoms with Crippen molar-refractivity contribution in [2.45, 2.75) is 9.15 Å². The van der Waals surface area contributed by atoms with Crippen LogP contribution in [0, 0.1) is 5.92 Å². The number of hydrogen-bond acceptors (Lipinski definition) is 1. The monoisotopic (exact) mass is 386 g/mol. The summed E-state index contributed by atoms with van der Waals surface area (Å²) in [6.07, 6.45) is 0. The molecule has 0 bridgehead atoms. The summed E-state index contributed by atoms with van der Waals surface area (Å²) < 4.78 is -0.597. The van der Waals surface area contributed by atoms with Crippen LogP contribution in [0.2, 0.25) is 10.0 Å². The van der Waals surface area contributed by atoms with Gasteiger partial charge in [0.25, 0.3) is 0 Å². The van der Waals surface area contributed by atoms with Crippen molar-refractivity contribution < 1.29 is 9.90 Å². The van der Waals surface area contributed by atoms with Crippen molar-refractivity contribution in [3.8, 4) is 0 Å². The number of carboxylic acids is 1. The lowest BCUT2D eigenvalue weighted by molar-refractivity contribution is -0.138. The molecule has 6 heteroatoms. The minimum absolute atomic E-state index is 0.166. The van der Waals surface area contributed by atoms with Crippen molar-refractivity contribution in [2.75, 3.05) is 0 Å². The van der Waals surface area contributed by atoms with Crippen LogP contribution < -0.4 is 0 Å². The third-order valence-electron chi connectivity index (χ3n) is 2.56. The number of benzene rings is 1. The summed E-state index contributed by atoms with van der Waals surface area (Å²) in [5.74, 6) is -1.53. The van der Waals surface area contributed by atoms with Gasteiger partial charge in [-0.2, -0.15) is 0 Å². The van der Waals surface area contributed by atoms with Gasteiger partial charge >= 0.3 is 5.97 Å². The third-order valence-corrected chi connectivity index (χ3v) is 4.97. The molecule has 0 radical (unpaired) electrons. The quantitative estimate of drug-likeness (QED) is 0.768. The molecule has 1 aliphatic carbocycles. The topological polar surface area (TPSA) is 37.3 Å². The first kappa shape index (κ1) is 12.7. The van der Waals surface area contributed by atoms with Crippen molar-refractivity contribution in [1.29, 1.82) is 0 Å². The molecular formula is C10H6Br2Cl2O2. The molecule has 1 fully saturated rings. The Balaban J connectivity index is 2.37. The van der Waals surface area contributed by atoms with Crippen LogP contribution >= 0.6 is 55.1 Å². The number of carbonyl (C=O) groups is 1. The van der Waals surface area contributed by atoms with Crippen LogP contribution in [0.4, 0.5) is 0 Å². The van der Waals surface area contributed by atoms with E-state index < -0.39 is 15.1 Å². The fraction of sp³-hybridized carbons (Fsp3) is 0.300. The van der Waals surface area contributed by atoms with Crippen LogP contribution in [-0.2, 0) is 4.79 Å². The number of rotatable bonds is 2. The maximum Gasteiger partial charge on any atom is 0.309 e. The molecule has 0 unspecified atom stereocenters. The third kappa shape index (κ3) is 2.13. The predicted molar refractivity (Wildman–Crippen MR) is 70.9 cm³/mol. The number of hydrogen-bond donors (Lipinski definition) is 1. The summed E-state index contributed by atoms with van der Waals surface area (Å²) in [6, 6.07) is 5.09. The first-order chi connectivity index (χ1) is 7.34. The highest BCUT2D eigenvalue weighted by molar-refractivity contribution is 9.25. The Morgan fingerprint density at radius 1 is 1.25 bits per heavy atom. The van der Waals surface area contributed by atoms with Crippen LogP contribution in [0.15, 0.2) is 18.2 Å². The van der Waals surface area contributed by atoms with Crippen LogP contribution in [0.3, 0.4) is 0 Å². The highest BCUT2D eigenvalue weighted by Gasteiger charge is 2.66. The Kier molecular flexibility index (Phi) is 3.30. The zero-order valence-corrected chi connectivity index (χ0v) is 12.4.